The van der Waals surface area contributed by atoms with Gasteiger partial charge in [-0.15, -0.1) is 0 Å². The number of hydrogen-bond donors (Lipinski definition) is 0. The molecule has 0 aliphatic carbocycles. The number of amides is 1. The molecule has 0 spiro atoms. The van der Waals surface area contributed by atoms with Crippen molar-refractivity contribution < 1.29 is 17.9 Å². The molecule has 1 aromatic rings. The van der Waals surface area contributed by atoms with Gasteiger partial charge in [0, 0.05) is 43.6 Å². The highest BCUT2D eigenvalue weighted by atomic mass is 32.2. The van der Waals surface area contributed by atoms with Gasteiger partial charge in [-0.1, -0.05) is 12.5 Å². The molecule has 3 saturated heterocycles. The van der Waals surface area contributed by atoms with Gasteiger partial charge in [0.2, 0.25) is 10.0 Å². The summed E-state index contributed by atoms with van der Waals surface area (Å²) in [4.78, 5) is 15.8. The average molecular weight is 453 g/mol. The number of thioether (sulfide) groups is 1. The Balaban J connectivity index is 1.61. The first-order valence-corrected chi connectivity index (χ1v) is 13.7. The van der Waals surface area contributed by atoms with Crippen LogP contribution in [-0.4, -0.2) is 73.4 Å². The molecule has 2 atom stereocenters. The topological polar surface area (TPSA) is 66.9 Å². The second-order valence-electron chi connectivity index (χ2n) is 8.55. The summed E-state index contributed by atoms with van der Waals surface area (Å²) in [5.41, 5.74) is 1.16. The van der Waals surface area contributed by atoms with E-state index >= 15 is 0 Å². The van der Waals surface area contributed by atoms with Gasteiger partial charge >= 0.3 is 0 Å². The third kappa shape index (κ3) is 4.71. The van der Waals surface area contributed by atoms with Crippen LogP contribution in [0, 0.1) is 6.92 Å². The summed E-state index contributed by atoms with van der Waals surface area (Å²) >= 11 is 1.87. The van der Waals surface area contributed by atoms with E-state index in [-0.39, 0.29) is 22.9 Å². The largest absolute Gasteiger partial charge is 0.376 e. The van der Waals surface area contributed by atoms with E-state index in [1.54, 1.807) is 22.5 Å². The number of hydrogen-bond acceptors (Lipinski definition) is 5. The number of carbonyl (C=O) groups is 1. The normalized spacial score (nSPS) is 25.5. The van der Waals surface area contributed by atoms with Crippen LogP contribution in [0.4, 0.5) is 0 Å². The van der Waals surface area contributed by atoms with Crippen molar-refractivity contribution in [1.29, 1.82) is 0 Å². The number of benzene rings is 1. The lowest BCUT2D eigenvalue weighted by Crippen LogP contribution is -2.44. The number of rotatable bonds is 6. The van der Waals surface area contributed by atoms with Crippen molar-refractivity contribution in [3.8, 4) is 0 Å². The monoisotopic (exact) mass is 452 g/mol. The molecule has 3 aliphatic rings. The van der Waals surface area contributed by atoms with E-state index in [4.69, 9.17) is 4.74 Å². The Kier molecular flexibility index (Phi) is 7.07. The van der Waals surface area contributed by atoms with Crippen LogP contribution in [0.2, 0.25) is 0 Å². The van der Waals surface area contributed by atoms with Gasteiger partial charge in [-0.05, 0) is 62.5 Å². The minimum absolute atomic E-state index is 0.0758. The second-order valence-corrected chi connectivity index (χ2v) is 11.6. The first-order valence-electron chi connectivity index (χ1n) is 11.1. The molecule has 0 N–H and O–H groups in total. The van der Waals surface area contributed by atoms with Gasteiger partial charge in [-0.3, -0.25) is 4.79 Å². The molecule has 0 saturated carbocycles. The fourth-order valence-corrected chi connectivity index (χ4v) is 7.59. The molecule has 8 heteroatoms. The summed E-state index contributed by atoms with van der Waals surface area (Å²) in [6.07, 6.45) is 5.94. The zero-order chi connectivity index (χ0) is 21.1. The Labute approximate surface area is 184 Å². The number of ether oxygens (including phenoxy) is 1. The minimum atomic E-state index is -3.58. The van der Waals surface area contributed by atoms with Crippen LogP contribution >= 0.6 is 11.8 Å². The number of nitrogens with zero attached hydrogens (tertiary/aromatic N) is 2. The molecule has 3 aliphatic heterocycles. The first kappa shape index (κ1) is 22.1. The van der Waals surface area contributed by atoms with Crippen molar-refractivity contribution in [3.63, 3.8) is 0 Å². The van der Waals surface area contributed by atoms with Crippen LogP contribution in [0.1, 0.15) is 54.4 Å². The van der Waals surface area contributed by atoms with Crippen LogP contribution in [0.5, 0.6) is 0 Å². The Bertz CT molecular complexity index is 856. The lowest BCUT2D eigenvalue weighted by molar-refractivity contribution is 0.0441. The molecule has 3 fully saturated rings. The maximum Gasteiger partial charge on any atom is 0.254 e. The third-order valence-corrected chi connectivity index (χ3v) is 9.59. The Morgan fingerprint density at radius 1 is 1.20 bits per heavy atom. The molecule has 166 valence electrons. The van der Waals surface area contributed by atoms with E-state index in [9.17, 15) is 13.2 Å². The summed E-state index contributed by atoms with van der Waals surface area (Å²) in [5, 5.41) is 0. The van der Waals surface area contributed by atoms with Crippen LogP contribution < -0.4 is 0 Å². The summed E-state index contributed by atoms with van der Waals surface area (Å²) in [7, 11) is -3.58. The maximum atomic E-state index is 13.5. The number of piperidine rings is 1. The van der Waals surface area contributed by atoms with Crippen molar-refractivity contribution in [2.75, 3.05) is 37.7 Å². The standard InChI is InChI=1S/C22H32N2O4S2/c1-17-7-8-18(14-21(17)30(26,27)23-10-3-2-4-11-23)22(25)24(19-9-13-29-16-19)15-20-6-5-12-28-20/h7-8,14,19-20H,2-6,9-13,15-16H2,1H3. The second kappa shape index (κ2) is 9.59. The van der Waals surface area contributed by atoms with E-state index in [2.05, 4.69) is 0 Å². The Hall–Kier alpha value is -1.09. The molecular formula is C22H32N2O4S2. The molecule has 0 bridgehead atoms. The number of carbonyl (C=O) groups excluding carboxylic acids is 1. The molecule has 6 nitrogen and oxygen atoms in total. The fourth-order valence-electron chi connectivity index (χ4n) is 4.59. The van der Waals surface area contributed by atoms with Crippen molar-refractivity contribution in [2.24, 2.45) is 0 Å². The molecule has 0 aromatic heterocycles. The van der Waals surface area contributed by atoms with Gasteiger partial charge in [0.1, 0.15) is 0 Å². The van der Waals surface area contributed by atoms with E-state index in [0.717, 1.165) is 56.6 Å². The smallest absolute Gasteiger partial charge is 0.254 e. The summed E-state index contributed by atoms with van der Waals surface area (Å²) < 4.78 is 33.9. The number of aryl methyl sites for hydroxylation is 1. The molecule has 1 amide bonds. The Morgan fingerprint density at radius 2 is 2.00 bits per heavy atom. The van der Waals surface area contributed by atoms with Crippen molar-refractivity contribution >= 4 is 27.7 Å². The zero-order valence-corrected chi connectivity index (χ0v) is 19.3. The molecule has 2 unspecified atom stereocenters. The fraction of sp³-hybridized carbons (Fsp3) is 0.682. The van der Waals surface area contributed by atoms with Gasteiger partial charge in [0.05, 0.1) is 11.0 Å². The van der Waals surface area contributed by atoms with Crippen molar-refractivity contribution in [2.45, 2.75) is 62.5 Å². The summed E-state index contributed by atoms with van der Waals surface area (Å²) in [5.74, 6) is 1.92. The molecule has 4 rings (SSSR count). The SMILES string of the molecule is Cc1ccc(C(=O)N(CC2CCCO2)C2CCSC2)cc1S(=O)(=O)N1CCCCC1. The van der Waals surface area contributed by atoms with Crippen LogP contribution in [0.3, 0.4) is 0 Å². The lowest BCUT2D eigenvalue weighted by Gasteiger charge is -2.31. The quantitative estimate of drug-likeness (QED) is 0.663. The lowest BCUT2D eigenvalue weighted by atomic mass is 10.1. The van der Waals surface area contributed by atoms with Crippen LogP contribution in [0.25, 0.3) is 0 Å². The highest BCUT2D eigenvalue weighted by molar-refractivity contribution is 7.99. The molecule has 30 heavy (non-hydrogen) atoms. The molecule has 3 heterocycles. The highest BCUT2D eigenvalue weighted by Crippen LogP contribution is 2.28. The minimum Gasteiger partial charge on any atom is -0.376 e. The number of sulfonamides is 1. The summed E-state index contributed by atoms with van der Waals surface area (Å²) in [6.45, 7) is 4.28. The van der Waals surface area contributed by atoms with E-state index in [1.807, 2.05) is 23.6 Å². The summed E-state index contributed by atoms with van der Waals surface area (Å²) in [6, 6.07) is 5.34. The van der Waals surface area contributed by atoms with Gasteiger partial charge in [-0.2, -0.15) is 16.1 Å². The van der Waals surface area contributed by atoms with E-state index in [1.165, 1.54) is 0 Å². The first-order chi connectivity index (χ1) is 14.5. The maximum absolute atomic E-state index is 13.5. The van der Waals surface area contributed by atoms with Gasteiger partial charge in [0.15, 0.2) is 0 Å². The van der Waals surface area contributed by atoms with Gasteiger partial charge in [0.25, 0.3) is 5.91 Å². The van der Waals surface area contributed by atoms with Gasteiger partial charge in [-0.25, -0.2) is 8.42 Å². The van der Waals surface area contributed by atoms with Crippen LogP contribution in [-0.2, 0) is 14.8 Å². The molecular weight excluding hydrogens is 420 g/mol. The predicted octanol–water partition coefficient (Wildman–Crippen LogP) is 3.30. The van der Waals surface area contributed by atoms with Crippen LogP contribution in [0.15, 0.2) is 23.1 Å². The molecule has 0 radical (unpaired) electrons. The van der Waals surface area contributed by atoms with E-state index in [0.29, 0.717) is 30.8 Å². The third-order valence-electron chi connectivity index (χ3n) is 6.40. The molecule has 1 aromatic carbocycles. The zero-order valence-electron chi connectivity index (χ0n) is 17.7. The average Bonchev–Trinajstić information content (AvgIpc) is 3.46. The van der Waals surface area contributed by atoms with Crippen molar-refractivity contribution in [1.82, 2.24) is 9.21 Å². The predicted molar refractivity (Wildman–Crippen MR) is 120 cm³/mol. The van der Waals surface area contributed by atoms with Gasteiger partial charge < -0.3 is 9.64 Å². The highest BCUT2D eigenvalue weighted by Gasteiger charge is 2.33. The van der Waals surface area contributed by atoms with E-state index < -0.39 is 10.0 Å². The Morgan fingerprint density at radius 3 is 2.67 bits per heavy atom. The van der Waals surface area contributed by atoms with Crippen molar-refractivity contribution in [3.05, 3.63) is 29.3 Å².